The number of morpholine rings is 1. The van der Waals surface area contributed by atoms with Crippen LogP contribution in [0.2, 0.25) is 0 Å². The monoisotopic (exact) mass is 847 g/mol. The summed E-state index contributed by atoms with van der Waals surface area (Å²) in [6.07, 6.45) is -1.96. The van der Waals surface area contributed by atoms with Crippen LogP contribution in [0.1, 0.15) is 82.9 Å². The molecule has 4 aliphatic rings. The average Bonchev–Trinajstić information content (AvgIpc) is 3.83. The van der Waals surface area contributed by atoms with Crippen molar-refractivity contribution in [2.75, 3.05) is 72.2 Å². The number of hydrogen-bond acceptors (Lipinski definition) is 8. The lowest BCUT2D eigenvalue weighted by Crippen LogP contribution is -2.66. The SMILES string of the molecule is CC(C)(C(=O)N1CC2(CN(C(=O)c3cnn(Cc4ccc(F)cc4)c3)C[C@H]2COCc2cccc(C3CCC(F)(F)CC3)c2C(=O)OCCN2CCOCC2)C1)C(F)(F)F. The van der Waals surface area contributed by atoms with Crippen LogP contribution in [0.25, 0.3) is 0 Å². The Balaban J connectivity index is 1.07. The van der Waals surface area contributed by atoms with Crippen molar-refractivity contribution in [1.29, 1.82) is 0 Å². The first kappa shape index (κ1) is 43.6. The molecule has 4 fully saturated rings. The Morgan fingerprint density at radius 2 is 1.63 bits per heavy atom. The van der Waals surface area contributed by atoms with Gasteiger partial charge in [-0.15, -0.1) is 0 Å². The first-order valence-electron chi connectivity index (χ1n) is 20.4. The highest BCUT2D eigenvalue weighted by Gasteiger charge is 2.61. The lowest BCUT2D eigenvalue weighted by atomic mass is 9.70. The molecule has 1 aromatic heterocycles. The normalized spacial score (nSPS) is 21.0. The molecule has 0 unspecified atom stereocenters. The van der Waals surface area contributed by atoms with Crippen LogP contribution in [0.5, 0.6) is 0 Å². The predicted octanol–water partition coefficient (Wildman–Crippen LogP) is 6.56. The van der Waals surface area contributed by atoms with Crippen molar-refractivity contribution in [3.05, 3.63) is 88.5 Å². The Morgan fingerprint density at radius 1 is 0.950 bits per heavy atom. The van der Waals surface area contributed by atoms with E-state index in [0.29, 0.717) is 44.0 Å². The molecule has 1 atom stereocenters. The van der Waals surface area contributed by atoms with Crippen molar-refractivity contribution < 1.29 is 54.9 Å². The van der Waals surface area contributed by atoms with Gasteiger partial charge in [0, 0.05) is 76.2 Å². The van der Waals surface area contributed by atoms with Gasteiger partial charge >= 0.3 is 12.1 Å². The molecule has 3 saturated heterocycles. The number of likely N-dealkylation sites (tertiary alicyclic amines) is 2. The van der Waals surface area contributed by atoms with Crippen molar-refractivity contribution in [2.24, 2.45) is 16.7 Å². The van der Waals surface area contributed by atoms with Gasteiger partial charge in [0.1, 0.15) is 17.8 Å². The van der Waals surface area contributed by atoms with Gasteiger partial charge in [-0.05, 0) is 61.4 Å². The second-order valence-corrected chi connectivity index (χ2v) is 17.2. The maximum Gasteiger partial charge on any atom is 0.402 e. The van der Waals surface area contributed by atoms with Gasteiger partial charge in [-0.3, -0.25) is 19.2 Å². The zero-order valence-corrected chi connectivity index (χ0v) is 33.8. The molecule has 1 spiro atoms. The average molecular weight is 848 g/mol. The van der Waals surface area contributed by atoms with Gasteiger partial charge in [0.25, 0.3) is 5.91 Å². The van der Waals surface area contributed by atoms with Gasteiger partial charge in [-0.1, -0.05) is 30.3 Å². The number of halogens is 6. The van der Waals surface area contributed by atoms with E-state index < -0.39 is 40.7 Å². The number of aromatic nitrogens is 2. The molecule has 3 aliphatic heterocycles. The maximum absolute atomic E-state index is 14.2. The first-order chi connectivity index (χ1) is 28.4. The fourth-order valence-corrected chi connectivity index (χ4v) is 8.83. The van der Waals surface area contributed by atoms with E-state index in [-0.39, 0.29) is 107 Å². The molecule has 60 heavy (non-hydrogen) atoms. The minimum Gasteiger partial charge on any atom is -0.461 e. The summed E-state index contributed by atoms with van der Waals surface area (Å²) in [6.45, 7) is 5.50. The smallest absolute Gasteiger partial charge is 0.402 e. The van der Waals surface area contributed by atoms with Gasteiger partial charge in [0.05, 0.1) is 50.3 Å². The third-order valence-electron chi connectivity index (χ3n) is 12.6. The number of carbonyl (C=O) groups is 3. The third-order valence-corrected chi connectivity index (χ3v) is 12.6. The molecule has 0 N–H and O–H groups in total. The summed E-state index contributed by atoms with van der Waals surface area (Å²) < 4.78 is 103. The van der Waals surface area contributed by atoms with Gasteiger partial charge in [-0.25, -0.2) is 18.0 Å². The van der Waals surface area contributed by atoms with Crippen molar-refractivity contribution in [2.45, 2.75) is 70.7 Å². The van der Waals surface area contributed by atoms with E-state index in [1.54, 1.807) is 46.1 Å². The minimum absolute atomic E-state index is 0.0184. The van der Waals surface area contributed by atoms with Gasteiger partial charge in [-0.2, -0.15) is 18.3 Å². The number of rotatable bonds is 13. The molecule has 0 radical (unpaired) electrons. The van der Waals surface area contributed by atoms with E-state index in [4.69, 9.17) is 14.2 Å². The van der Waals surface area contributed by atoms with Crippen LogP contribution < -0.4 is 0 Å². The fraction of sp³-hybridized carbons (Fsp3) is 0.581. The molecule has 0 bridgehead atoms. The lowest BCUT2D eigenvalue weighted by molar-refractivity contribution is -0.223. The molecule has 3 aromatic rings. The lowest BCUT2D eigenvalue weighted by Gasteiger charge is -2.52. The van der Waals surface area contributed by atoms with Crippen molar-refractivity contribution in [1.82, 2.24) is 24.5 Å². The number of amides is 2. The van der Waals surface area contributed by atoms with E-state index in [2.05, 4.69) is 10.00 Å². The molecular weight excluding hydrogens is 796 g/mol. The van der Waals surface area contributed by atoms with Crippen LogP contribution in [-0.4, -0.2) is 127 Å². The quantitative estimate of drug-likeness (QED) is 0.141. The number of carbonyl (C=O) groups excluding carboxylic acids is 3. The number of esters is 1. The molecular formula is C43H51F6N5O6. The number of ether oxygens (including phenoxy) is 3. The van der Waals surface area contributed by atoms with Gasteiger partial charge in [0.2, 0.25) is 11.8 Å². The molecule has 1 aliphatic carbocycles. The van der Waals surface area contributed by atoms with Crippen molar-refractivity contribution >= 4 is 17.8 Å². The van der Waals surface area contributed by atoms with Crippen LogP contribution in [-0.2, 0) is 32.2 Å². The molecule has 11 nitrogen and oxygen atoms in total. The molecule has 1 saturated carbocycles. The zero-order chi connectivity index (χ0) is 42.9. The van der Waals surface area contributed by atoms with Gasteiger partial charge in [0.15, 0.2) is 0 Å². The zero-order valence-electron chi connectivity index (χ0n) is 33.8. The molecule has 17 heteroatoms. The summed E-state index contributed by atoms with van der Waals surface area (Å²) in [7, 11) is 0. The molecule has 4 heterocycles. The molecule has 7 rings (SSSR count). The highest BCUT2D eigenvalue weighted by molar-refractivity contribution is 5.94. The number of nitrogens with zero attached hydrogens (tertiary/aromatic N) is 5. The summed E-state index contributed by atoms with van der Waals surface area (Å²) in [5.41, 5.74) is -0.918. The second-order valence-electron chi connectivity index (χ2n) is 17.2. The maximum atomic E-state index is 14.2. The highest BCUT2D eigenvalue weighted by Crippen LogP contribution is 2.48. The van der Waals surface area contributed by atoms with E-state index in [0.717, 1.165) is 19.4 Å². The Hall–Kier alpha value is -4.48. The van der Waals surface area contributed by atoms with E-state index in [1.807, 2.05) is 0 Å². The third kappa shape index (κ3) is 9.52. The fourth-order valence-electron chi connectivity index (χ4n) is 8.83. The summed E-state index contributed by atoms with van der Waals surface area (Å²) in [6, 6.07) is 11.2. The molecule has 2 aromatic carbocycles. The Bertz CT molecular complexity index is 2000. The van der Waals surface area contributed by atoms with Crippen LogP contribution in [0.15, 0.2) is 54.9 Å². The van der Waals surface area contributed by atoms with E-state index in [9.17, 15) is 40.7 Å². The number of benzene rings is 2. The van der Waals surface area contributed by atoms with Gasteiger partial charge < -0.3 is 24.0 Å². The van der Waals surface area contributed by atoms with Crippen molar-refractivity contribution in [3.63, 3.8) is 0 Å². The summed E-state index contributed by atoms with van der Waals surface area (Å²) in [4.78, 5) is 45.8. The Labute approximate surface area is 344 Å². The topological polar surface area (TPSA) is 106 Å². The largest absolute Gasteiger partial charge is 0.461 e. The molecule has 2 amide bonds. The van der Waals surface area contributed by atoms with Crippen LogP contribution in [0.3, 0.4) is 0 Å². The summed E-state index contributed by atoms with van der Waals surface area (Å²) in [5.74, 6) is -5.82. The number of hydrogen-bond donors (Lipinski definition) is 0. The Morgan fingerprint density at radius 3 is 2.32 bits per heavy atom. The minimum atomic E-state index is -4.77. The first-order valence-corrected chi connectivity index (χ1v) is 20.4. The van der Waals surface area contributed by atoms with Crippen LogP contribution in [0.4, 0.5) is 26.3 Å². The Kier molecular flexibility index (Phi) is 12.7. The van der Waals surface area contributed by atoms with Crippen LogP contribution >= 0.6 is 0 Å². The highest BCUT2D eigenvalue weighted by atomic mass is 19.4. The second kappa shape index (κ2) is 17.5. The predicted molar refractivity (Wildman–Crippen MR) is 206 cm³/mol. The van der Waals surface area contributed by atoms with Crippen LogP contribution in [0, 0.1) is 22.6 Å². The molecule has 326 valence electrons. The summed E-state index contributed by atoms with van der Waals surface area (Å²) >= 11 is 0. The standard InChI is InChI=1S/C43H51F6N5O6/c1-40(2,43(47,48)49)39(57)53-27-41(28-53)26-52(37(55)32-20-50-54(22-32)21-29-6-8-34(44)9-7-29)23-33(41)25-59-24-31-4-3-5-35(30-10-12-42(45,46)13-11-30)36(31)38(56)60-19-16-51-14-17-58-18-15-51/h3-9,20,22,30,33H,10-19,21,23-28H2,1-2H3/t33-/m0/s1. The van der Waals surface area contributed by atoms with E-state index in [1.165, 1.54) is 23.2 Å². The van der Waals surface area contributed by atoms with E-state index >= 15 is 0 Å². The van der Waals surface area contributed by atoms with Crippen molar-refractivity contribution in [3.8, 4) is 0 Å². The summed E-state index contributed by atoms with van der Waals surface area (Å²) in [5, 5.41) is 4.31. The number of alkyl halides is 5.